The summed E-state index contributed by atoms with van der Waals surface area (Å²) in [5, 5.41) is 0. The van der Waals surface area contributed by atoms with Gasteiger partial charge in [0.25, 0.3) is 11.8 Å². The van der Waals surface area contributed by atoms with E-state index >= 15 is 0 Å². The first-order chi connectivity index (χ1) is 18.5. The minimum atomic E-state index is -0.217. The minimum Gasteiger partial charge on any atom is -0.299 e. The van der Waals surface area contributed by atoms with Crippen LogP contribution in [0.15, 0.2) is 114 Å². The number of aryl methyl sites for hydroxylation is 2. The van der Waals surface area contributed by atoms with Gasteiger partial charge in [0, 0.05) is 48.6 Å². The second-order valence-corrected chi connectivity index (χ2v) is 12.4. The fourth-order valence-corrected chi connectivity index (χ4v) is 7.65. The van der Waals surface area contributed by atoms with Gasteiger partial charge in [0.2, 0.25) is 0 Å². The third-order valence-corrected chi connectivity index (χ3v) is 9.45. The Kier molecular flexibility index (Phi) is 5.35. The molecule has 38 heavy (non-hydrogen) atoms. The molecule has 4 aromatic rings. The molecule has 4 heterocycles. The van der Waals surface area contributed by atoms with E-state index in [4.69, 9.17) is 0 Å². The van der Waals surface area contributed by atoms with Crippen LogP contribution < -0.4 is 9.80 Å². The van der Waals surface area contributed by atoms with Gasteiger partial charge in [0.1, 0.15) is 0 Å². The standard InChI is InChI=1S/C32H24N2O2S2/c1-19-13-15-27(37-19)29-23-17-26-24(18-25(23)31(35)33(29)21-9-5-3-6-10-21)30(28-16-14-20(2)38-28)34(32(26)36)22-11-7-4-8-12-22/h3-18,23,29H,1-2H3. The first kappa shape index (κ1) is 23.1. The number of hydrogen-bond acceptors (Lipinski definition) is 4. The number of fused-ring (bicyclic) bond motifs is 2. The van der Waals surface area contributed by atoms with Crippen molar-refractivity contribution in [1.29, 1.82) is 0 Å². The van der Waals surface area contributed by atoms with Crippen LogP contribution in [0.2, 0.25) is 0 Å². The molecule has 2 aromatic heterocycles. The van der Waals surface area contributed by atoms with E-state index in [1.807, 2.05) is 76.5 Å². The highest BCUT2D eigenvalue weighted by atomic mass is 32.1. The zero-order valence-electron chi connectivity index (χ0n) is 20.9. The number of nitrogens with zero attached hydrogens (tertiary/aromatic N) is 2. The number of allylic oxidation sites excluding steroid dienone is 1. The van der Waals surface area contributed by atoms with E-state index in [2.05, 4.69) is 44.2 Å². The molecule has 2 atom stereocenters. The highest BCUT2D eigenvalue weighted by molar-refractivity contribution is 7.13. The third kappa shape index (κ3) is 3.48. The fourth-order valence-electron chi connectivity index (χ4n) is 5.72. The average molecular weight is 533 g/mol. The van der Waals surface area contributed by atoms with Crippen molar-refractivity contribution in [1.82, 2.24) is 0 Å². The van der Waals surface area contributed by atoms with Crippen molar-refractivity contribution in [2.24, 2.45) is 5.92 Å². The summed E-state index contributed by atoms with van der Waals surface area (Å²) in [5.74, 6) is -0.271. The SMILES string of the molecule is Cc1ccc(C2=C3C=C4C(=O)N(c5ccccc5)C(c5ccc(C)s5)C4C=C3C(=O)N2c2ccccc2)s1. The lowest BCUT2D eigenvalue weighted by Crippen LogP contribution is -2.28. The molecule has 1 fully saturated rings. The lowest BCUT2D eigenvalue weighted by molar-refractivity contribution is -0.115. The second kappa shape index (κ2) is 8.79. The van der Waals surface area contributed by atoms with Crippen molar-refractivity contribution in [3.05, 3.63) is 133 Å². The van der Waals surface area contributed by atoms with Crippen LogP contribution in [0, 0.1) is 19.8 Å². The van der Waals surface area contributed by atoms with E-state index in [1.165, 1.54) is 9.75 Å². The van der Waals surface area contributed by atoms with Crippen molar-refractivity contribution in [2.45, 2.75) is 19.9 Å². The molecule has 7 rings (SSSR count). The topological polar surface area (TPSA) is 40.6 Å². The number of thiophene rings is 2. The third-order valence-electron chi connectivity index (χ3n) is 7.37. The lowest BCUT2D eigenvalue weighted by Gasteiger charge is -2.26. The predicted molar refractivity (Wildman–Crippen MR) is 155 cm³/mol. The van der Waals surface area contributed by atoms with Crippen molar-refractivity contribution in [3.63, 3.8) is 0 Å². The van der Waals surface area contributed by atoms with Gasteiger partial charge in [-0.15, -0.1) is 22.7 Å². The summed E-state index contributed by atoms with van der Waals surface area (Å²) in [4.78, 5) is 36.4. The molecular formula is C32H24N2O2S2. The van der Waals surface area contributed by atoms with Gasteiger partial charge in [-0.05, 0) is 68.5 Å². The molecule has 4 nitrogen and oxygen atoms in total. The van der Waals surface area contributed by atoms with Crippen LogP contribution in [0.25, 0.3) is 5.70 Å². The van der Waals surface area contributed by atoms with E-state index in [0.29, 0.717) is 5.57 Å². The monoisotopic (exact) mass is 532 g/mol. The van der Waals surface area contributed by atoms with Crippen molar-refractivity contribution in [3.8, 4) is 0 Å². The molecule has 2 amide bonds. The predicted octanol–water partition coefficient (Wildman–Crippen LogP) is 7.46. The van der Waals surface area contributed by atoms with Crippen molar-refractivity contribution in [2.75, 3.05) is 9.80 Å². The maximum atomic E-state index is 14.1. The minimum absolute atomic E-state index is 0.00706. The molecule has 0 radical (unpaired) electrons. The molecule has 6 heteroatoms. The number of carbonyl (C=O) groups is 2. The summed E-state index contributed by atoms with van der Waals surface area (Å²) < 4.78 is 0. The molecular weight excluding hydrogens is 508 g/mol. The zero-order valence-corrected chi connectivity index (χ0v) is 22.6. The summed E-state index contributed by atoms with van der Waals surface area (Å²) in [6, 6.07) is 27.8. The number of amides is 2. The Labute approximate surface area is 229 Å². The van der Waals surface area contributed by atoms with E-state index in [9.17, 15) is 9.59 Å². The quantitative estimate of drug-likeness (QED) is 0.274. The molecule has 2 aromatic carbocycles. The average Bonchev–Trinajstić information content (AvgIpc) is 3.69. The molecule has 0 spiro atoms. The maximum absolute atomic E-state index is 14.1. The molecule has 3 aliphatic rings. The number of rotatable bonds is 4. The maximum Gasteiger partial charge on any atom is 0.263 e. The summed E-state index contributed by atoms with van der Waals surface area (Å²) in [6.07, 6.45) is 4.04. The Balaban J connectivity index is 1.45. The Morgan fingerprint density at radius 2 is 1.37 bits per heavy atom. The van der Waals surface area contributed by atoms with Crippen LogP contribution in [0.1, 0.15) is 25.6 Å². The largest absolute Gasteiger partial charge is 0.299 e. The smallest absolute Gasteiger partial charge is 0.263 e. The van der Waals surface area contributed by atoms with Gasteiger partial charge in [0.15, 0.2) is 0 Å². The molecule has 0 N–H and O–H groups in total. The van der Waals surface area contributed by atoms with Crippen LogP contribution >= 0.6 is 22.7 Å². The Morgan fingerprint density at radius 1 is 0.711 bits per heavy atom. The normalized spacial score (nSPS) is 20.6. The fraction of sp³-hybridized carbons (Fsp3) is 0.125. The van der Waals surface area contributed by atoms with Gasteiger partial charge in [-0.3, -0.25) is 19.4 Å². The summed E-state index contributed by atoms with van der Waals surface area (Å²) in [5.41, 5.74) is 4.78. The van der Waals surface area contributed by atoms with Gasteiger partial charge in [0.05, 0.1) is 16.6 Å². The Bertz CT molecular complexity index is 1690. The van der Waals surface area contributed by atoms with Crippen LogP contribution in [0.4, 0.5) is 11.4 Å². The van der Waals surface area contributed by atoms with E-state index < -0.39 is 0 Å². The zero-order chi connectivity index (χ0) is 26.0. The first-order valence-electron chi connectivity index (χ1n) is 12.6. The molecule has 0 saturated carbocycles. The van der Waals surface area contributed by atoms with Crippen LogP contribution in [0.3, 0.4) is 0 Å². The van der Waals surface area contributed by atoms with Gasteiger partial charge < -0.3 is 0 Å². The van der Waals surface area contributed by atoms with Gasteiger partial charge >= 0.3 is 0 Å². The van der Waals surface area contributed by atoms with Gasteiger partial charge in [-0.1, -0.05) is 42.5 Å². The Morgan fingerprint density at radius 3 is 2.00 bits per heavy atom. The van der Waals surface area contributed by atoms with Crippen molar-refractivity contribution >= 4 is 51.6 Å². The lowest BCUT2D eigenvalue weighted by atomic mass is 9.84. The molecule has 186 valence electrons. The Hall–Kier alpha value is -4.00. The first-order valence-corrected chi connectivity index (χ1v) is 14.2. The van der Waals surface area contributed by atoms with E-state index in [1.54, 1.807) is 22.7 Å². The van der Waals surface area contributed by atoms with Crippen LogP contribution in [-0.4, -0.2) is 11.8 Å². The number of para-hydroxylation sites is 2. The molecule has 1 aliphatic carbocycles. The number of carbonyl (C=O) groups excluding carboxylic acids is 2. The number of anilines is 2. The molecule has 2 unspecified atom stereocenters. The van der Waals surface area contributed by atoms with Crippen LogP contribution in [-0.2, 0) is 9.59 Å². The van der Waals surface area contributed by atoms with Gasteiger partial charge in [-0.25, -0.2) is 0 Å². The highest BCUT2D eigenvalue weighted by Gasteiger charge is 2.49. The summed E-state index contributed by atoms with van der Waals surface area (Å²) >= 11 is 3.37. The second-order valence-electron chi connectivity index (χ2n) is 9.76. The summed E-state index contributed by atoms with van der Waals surface area (Å²) in [6.45, 7) is 4.16. The van der Waals surface area contributed by atoms with E-state index in [0.717, 1.165) is 38.0 Å². The summed E-state index contributed by atoms with van der Waals surface area (Å²) in [7, 11) is 0. The number of benzene rings is 2. The molecule has 2 aliphatic heterocycles. The van der Waals surface area contributed by atoms with E-state index in [-0.39, 0.29) is 23.8 Å². The van der Waals surface area contributed by atoms with Crippen LogP contribution in [0.5, 0.6) is 0 Å². The van der Waals surface area contributed by atoms with Crippen molar-refractivity contribution < 1.29 is 9.59 Å². The molecule has 0 bridgehead atoms. The number of hydrogen-bond donors (Lipinski definition) is 0. The van der Waals surface area contributed by atoms with Gasteiger partial charge in [-0.2, -0.15) is 0 Å². The molecule has 1 saturated heterocycles. The highest BCUT2D eigenvalue weighted by Crippen LogP contribution is 2.52.